The van der Waals surface area contributed by atoms with Crippen LogP contribution in [-0.4, -0.2) is 57.4 Å². The number of non-ortho nitro benzene ring substituents is 1. The second kappa shape index (κ2) is 12.8. The second-order valence-electron chi connectivity index (χ2n) is 5.66. The number of benzene rings is 1. The van der Waals surface area contributed by atoms with E-state index in [1.807, 2.05) is 18.9 Å². The first kappa shape index (κ1) is 25.5. The molecule has 0 bridgehead atoms. The van der Waals surface area contributed by atoms with Gasteiger partial charge in [0.15, 0.2) is 5.96 Å². The summed E-state index contributed by atoms with van der Waals surface area (Å²) in [4.78, 5) is 16.4. The summed E-state index contributed by atoms with van der Waals surface area (Å²) in [5.41, 5.74) is -0.266. The summed E-state index contributed by atoms with van der Waals surface area (Å²) in [7, 11) is -1.88. The summed E-state index contributed by atoms with van der Waals surface area (Å²) in [5, 5.41) is 13.9. The molecule has 0 fully saturated rings. The van der Waals surface area contributed by atoms with Crippen LogP contribution in [0.5, 0.6) is 0 Å². The van der Waals surface area contributed by atoms with Crippen LogP contribution in [0.15, 0.2) is 34.2 Å². The Bertz CT molecular complexity index is 727. The fraction of sp³-hybridized carbons (Fsp3) is 0.562. The van der Waals surface area contributed by atoms with Gasteiger partial charge in [-0.2, -0.15) is 0 Å². The standard InChI is InChI=1S/C16H27N5O4S.HI/c1-4-6-12-20(3)16(17-5-2)18-10-11-19-26(24,25)15-9-7-8-14(13-15)21(22)23;/h7-9,13,19H,4-6,10-12H2,1-3H3,(H,17,18);1H. The number of hydrogen-bond acceptors (Lipinski definition) is 5. The smallest absolute Gasteiger partial charge is 0.270 e. The summed E-state index contributed by atoms with van der Waals surface area (Å²) >= 11 is 0. The molecule has 11 heteroatoms. The van der Waals surface area contributed by atoms with Crippen molar-refractivity contribution in [1.82, 2.24) is 14.9 Å². The van der Waals surface area contributed by atoms with Gasteiger partial charge in [0, 0.05) is 38.8 Å². The Labute approximate surface area is 177 Å². The predicted molar refractivity (Wildman–Crippen MR) is 117 cm³/mol. The molecule has 0 aliphatic rings. The van der Waals surface area contributed by atoms with E-state index in [0.29, 0.717) is 6.54 Å². The van der Waals surface area contributed by atoms with Crippen molar-refractivity contribution in [2.75, 3.05) is 33.2 Å². The first-order valence-electron chi connectivity index (χ1n) is 8.55. The molecule has 0 heterocycles. The first-order valence-corrected chi connectivity index (χ1v) is 10.0. The van der Waals surface area contributed by atoms with E-state index in [-0.39, 0.29) is 47.6 Å². The van der Waals surface area contributed by atoms with Gasteiger partial charge in [0.25, 0.3) is 5.69 Å². The monoisotopic (exact) mass is 513 g/mol. The first-order chi connectivity index (χ1) is 12.3. The third kappa shape index (κ3) is 8.84. The lowest BCUT2D eigenvalue weighted by Crippen LogP contribution is -2.40. The van der Waals surface area contributed by atoms with Crippen molar-refractivity contribution in [3.05, 3.63) is 34.4 Å². The number of nitro benzene ring substituents is 1. The molecule has 0 aliphatic heterocycles. The molecule has 0 aliphatic carbocycles. The molecule has 0 aromatic heterocycles. The highest BCUT2D eigenvalue weighted by atomic mass is 127. The minimum atomic E-state index is -3.82. The van der Waals surface area contributed by atoms with Gasteiger partial charge in [-0.05, 0) is 19.4 Å². The fourth-order valence-electron chi connectivity index (χ4n) is 2.16. The molecule has 0 radical (unpaired) electrons. The SMILES string of the molecule is CCCCN(C)C(=NCCNS(=O)(=O)c1cccc([N+](=O)[O-])c1)NCC.I. The highest BCUT2D eigenvalue weighted by molar-refractivity contribution is 14.0. The molecule has 0 atom stereocenters. The number of nitro groups is 1. The molecule has 0 unspecified atom stereocenters. The molecular weight excluding hydrogens is 485 g/mol. The van der Waals surface area contributed by atoms with E-state index in [4.69, 9.17) is 0 Å². The molecule has 1 rings (SSSR count). The molecule has 1 aromatic carbocycles. The summed E-state index contributed by atoms with van der Waals surface area (Å²) < 4.78 is 26.9. The van der Waals surface area contributed by atoms with Crippen molar-refractivity contribution in [3.63, 3.8) is 0 Å². The molecule has 27 heavy (non-hydrogen) atoms. The second-order valence-corrected chi connectivity index (χ2v) is 7.43. The molecular formula is C16H28IN5O4S. The average molecular weight is 513 g/mol. The molecule has 0 saturated carbocycles. The van der Waals surface area contributed by atoms with Crippen LogP contribution >= 0.6 is 24.0 Å². The van der Waals surface area contributed by atoms with Crippen LogP contribution in [0, 0.1) is 10.1 Å². The van der Waals surface area contributed by atoms with Crippen LogP contribution in [-0.2, 0) is 10.0 Å². The Balaban J connectivity index is 0.00000676. The Morgan fingerprint density at radius 1 is 1.33 bits per heavy atom. The van der Waals surface area contributed by atoms with Crippen LogP contribution in [0.25, 0.3) is 0 Å². The quantitative estimate of drug-likeness (QED) is 0.124. The van der Waals surface area contributed by atoms with E-state index in [2.05, 4.69) is 22.0 Å². The number of guanidine groups is 1. The van der Waals surface area contributed by atoms with Gasteiger partial charge in [0.1, 0.15) is 0 Å². The van der Waals surface area contributed by atoms with Gasteiger partial charge in [0.05, 0.1) is 16.4 Å². The zero-order chi connectivity index (χ0) is 19.6. The highest BCUT2D eigenvalue weighted by Crippen LogP contribution is 2.16. The highest BCUT2D eigenvalue weighted by Gasteiger charge is 2.17. The fourth-order valence-corrected chi connectivity index (χ4v) is 3.22. The molecule has 154 valence electrons. The third-order valence-corrected chi connectivity index (χ3v) is 5.01. The third-order valence-electron chi connectivity index (χ3n) is 3.55. The Morgan fingerprint density at radius 3 is 2.63 bits per heavy atom. The normalized spacial score (nSPS) is 11.6. The van der Waals surface area contributed by atoms with E-state index in [1.165, 1.54) is 18.2 Å². The van der Waals surface area contributed by atoms with Crippen molar-refractivity contribution in [1.29, 1.82) is 0 Å². The van der Waals surface area contributed by atoms with Crippen LogP contribution in [0.4, 0.5) is 5.69 Å². The zero-order valence-electron chi connectivity index (χ0n) is 15.8. The van der Waals surface area contributed by atoms with Gasteiger partial charge in [0.2, 0.25) is 10.0 Å². The largest absolute Gasteiger partial charge is 0.357 e. The number of unbranched alkanes of at least 4 members (excludes halogenated alkanes) is 1. The maximum atomic E-state index is 12.2. The van der Waals surface area contributed by atoms with Gasteiger partial charge >= 0.3 is 0 Å². The lowest BCUT2D eigenvalue weighted by atomic mass is 10.3. The predicted octanol–water partition coefficient (Wildman–Crippen LogP) is 2.19. The van der Waals surface area contributed by atoms with Crippen LogP contribution in [0.2, 0.25) is 0 Å². The summed E-state index contributed by atoms with van der Waals surface area (Å²) in [6.07, 6.45) is 2.12. The molecule has 0 spiro atoms. The lowest BCUT2D eigenvalue weighted by molar-refractivity contribution is -0.385. The van der Waals surface area contributed by atoms with Gasteiger partial charge in [-0.15, -0.1) is 24.0 Å². The molecule has 0 amide bonds. The Hall–Kier alpha value is -1.47. The Kier molecular flexibility index (Phi) is 12.1. The average Bonchev–Trinajstić information content (AvgIpc) is 2.62. The van der Waals surface area contributed by atoms with Gasteiger partial charge < -0.3 is 10.2 Å². The number of nitrogens with one attached hydrogen (secondary N) is 2. The number of halogens is 1. The van der Waals surface area contributed by atoms with E-state index in [0.717, 1.165) is 31.4 Å². The molecule has 0 saturated heterocycles. The summed E-state index contributed by atoms with van der Waals surface area (Å²) in [6, 6.07) is 4.95. The van der Waals surface area contributed by atoms with E-state index in [9.17, 15) is 18.5 Å². The van der Waals surface area contributed by atoms with Crippen molar-refractivity contribution in [2.45, 2.75) is 31.6 Å². The number of nitrogens with zero attached hydrogens (tertiary/aromatic N) is 3. The van der Waals surface area contributed by atoms with Crippen LogP contribution in [0.1, 0.15) is 26.7 Å². The van der Waals surface area contributed by atoms with E-state index < -0.39 is 14.9 Å². The van der Waals surface area contributed by atoms with Crippen molar-refractivity contribution in [3.8, 4) is 0 Å². The van der Waals surface area contributed by atoms with Crippen molar-refractivity contribution < 1.29 is 13.3 Å². The lowest BCUT2D eigenvalue weighted by Gasteiger charge is -2.21. The maximum Gasteiger partial charge on any atom is 0.270 e. The summed E-state index contributed by atoms with van der Waals surface area (Å²) in [6.45, 7) is 6.01. The minimum absolute atomic E-state index is 0. The number of aliphatic imine (C=N–C) groups is 1. The van der Waals surface area contributed by atoms with Crippen molar-refractivity contribution in [2.24, 2.45) is 4.99 Å². The van der Waals surface area contributed by atoms with Crippen LogP contribution in [0.3, 0.4) is 0 Å². The topological polar surface area (TPSA) is 117 Å². The number of sulfonamides is 1. The molecule has 9 nitrogen and oxygen atoms in total. The van der Waals surface area contributed by atoms with Crippen molar-refractivity contribution >= 4 is 45.6 Å². The maximum absolute atomic E-state index is 12.2. The minimum Gasteiger partial charge on any atom is -0.357 e. The van der Waals surface area contributed by atoms with Gasteiger partial charge in [-0.25, -0.2) is 13.1 Å². The Morgan fingerprint density at radius 2 is 2.04 bits per heavy atom. The van der Waals surface area contributed by atoms with Crippen LogP contribution < -0.4 is 10.0 Å². The number of hydrogen-bond donors (Lipinski definition) is 2. The summed E-state index contributed by atoms with van der Waals surface area (Å²) in [5.74, 6) is 0.718. The van der Waals surface area contributed by atoms with E-state index in [1.54, 1.807) is 0 Å². The molecule has 1 aromatic rings. The van der Waals surface area contributed by atoms with Gasteiger partial charge in [-0.1, -0.05) is 19.4 Å². The van der Waals surface area contributed by atoms with E-state index >= 15 is 0 Å². The van der Waals surface area contributed by atoms with Gasteiger partial charge in [-0.3, -0.25) is 15.1 Å². The molecule has 2 N–H and O–H groups in total. The zero-order valence-corrected chi connectivity index (χ0v) is 19.0. The number of rotatable bonds is 10.